The van der Waals surface area contributed by atoms with Gasteiger partial charge in [-0.05, 0) is 37.6 Å². The zero-order valence-electron chi connectivity index (χ0n) is 14.8. The average molecular weight is 343 g/mol. The molecule has 1 unspecified atom stereocenters. The van der Waals surface area contributed by atoms with Gasteiger partial charge in [-0.3, -0.25) is 0 Å². The van der Waals surface area contributed by atoms with Crippen LogP contribution in [0.3, 0.4) is 0 Å². The summed E-state index contributed by atoms with van der Waals surface area (Å²) in [6.45, 7) is 7.10. The van der Waals surface area contributed by atoms with Crippen molar-refractivity contribution in [2.24, 2.45) is 0 Å². The molecule has 6 heteroatoms. The lowest BCUT2D eigenvalue weighted by Gasteiger charge is -2.27. The van der Waals surface area contributed by atoms with Crippen molar-refractivity contribution in [1.29, 1.82) is 0 Å². The number of nitrogens with one attached hydrogen (secondary N) is 1. The Kier molecular flexibility index (Phi) is 7.85. The van der Waals surface area contributed by atoms with Crippen LogP contribution in [0, 0.1) is 0 Å². The molecule has 0 aliphatic heterocycles. The lowest BCUT2D eigenvalue weighted by Crippen LogP contribution is -2.37. The van der Waals surface area contributed by atoms with E-state index in [1.54, 1.807) is 7.11 Å². The van der Waals surface area contributed by atoms with E-state index in [0.717, 1.165) is 12.0 Å². The molecular weight excluding hydrogens is 314 g/mol. The van der Waals surface area contributed by atoms with E-state index in [1.165, 1.54) is 6.26 Å². The summed E-state index contributed by atoms with van der Waals surface area (Å²) in [6, 6.07) is 5.35. The Hall–Kier alpha value is -1.27. The summed E-state index contributed by atoms with van der Waals surface area (Å²) in [5, 5.41) is 2.86. The van der Waals surface area contributed by atoms with Gasteiger partial charge in [-0.15, -0.1) is 0 Å². The van der Waals surface area contributed by atoms with Crippen LogP contribution in [-0.2, 0) is 9.84 Å². The van der Waals surface area contributed by atoms with E-state index in [2.05, 4.69) is 5.32 Å². The predicted octanol–water partition coefficient (Wildman–Crippen LogP) is 2.96. The molecule has 2 atom stereocenters. The smallest absolute Gasteiger partial charge is 0.161 e. The van der Waals surface area contributed by atoms with Crippen molar-refractivity contribution in [3.8, 4) is 11.5 Å². The molecule has 0 saturated heterocycles. The molecule has 23 heavy (non-hydrogen) atoms. The van der Waals surface area contributed by atoms with Crippen molar-refractivity contribution in [3.05, 3.63) is 23.8 Å². The van der Waals surface area contributed by atoms with Crippen molar-refractivity contribution in [3.63, 3.8) is 0 Å². The van der Waals surface area contributed by atoms with E-state index in [0.29, 0.717) is 31.1 Å². The van der Waals surface area contributed by atoms with E-state index >= 15 is 0 Å². The maximum absolute atomic E-state index is 12.2. The van der Waals surface area contributed by atoms with Gasteiger partial charge in [0.25, 0.3) is 0 Å². The molecule has 0 aromatic heterocycles. The van der Waals surface area contributed by atoms with E-state index < -0.39 is 15.1 Å². The molecule has 0 spiro atoms. The van der Waals surface area contributed by atoms with Crippen LogP contribution in [0.15, 0.2) is 18.2 Å². The van der Waals surface area contributed by atoms with Crippen molar-refractivity contribution in [1.82, 2.24) is 5.32 Å². The van der Waals surface area contributed by atoms with Crippen molar-refractivity contribution >= 4 is 9.84 Å². The minimum Gasteiger partial charge on any atom is -0.493 e. The highest BCUT2D eigenvalue weighted by molar-refractivity contribution is 7.91. The number of hydrogen-bond donors (Lipinski definition) is 1. The zero-order chi connectivity index (χ0) is 17.5. The molecule has 1 rings (SSSR count). The van der Waals surface area contributed by atoms with Gasteiger partial charge in [0.1, 0.15) is 0 Å². The summed E-state index contributed by atoms with van der Waals surface area (Å²) < 4.78 is 35.4. The summed E-state index contributed by atoms with van der Waals surface area (Å²) in [7, 11) is -1.58. The fourth-order valence-electron chi connectivity index (χ4n) is 2.75. The highest BCUT2D eigenvalue weighted by Gasteiger charge is 2.30. The average Bonchev–Trinajstić information content (AvgIpc) is 2.50. The largest absolute Gasteiger partial charge is 0.493 e. The topological polar surface area (TPSA) is 64.6 Å². The van der Waals surface area contributed by atoms with Crippen LogP contribution in [0.4, 0.5) is 0 Å². The van der Waals surface area contributed by atoms with Gasteiger partial charge >= 0.3 is 0 Å². The van der Waals surface area contributed by atoms with Gasteiger partial charge < -0.3 is 14.8 Å². The molecule has 0 radical (unpaired) electrons. The lowest BCUT2D eigenvalue weighted by molar-refractivity contribution is 0.310. The molecule has 0 aliphatic rings. The zero-order valence-corrected chi connectivity index (χ0v) is 15.6. The maximum atomic E-state index is 12.2. The molecule has 0 fully saturated rings. The molecule has 1 N–H and O–H groups in total. The van der Waals surface area contributed by atoms with Gasteiger partial charge in [-0.2, -0.15) is 0 Å². The fraction of sp³-hybridized carbons (Fsp3) is 0.647. The monoisotopic (exact) mass is 343 g/mol. The minimum atomic E-state index is -3.17. The van der Waals surface area contributed by atoms with Crippen molar-refractivity contribution < 1.29 is 17.9 Å². The van der Waals surface area contributed by atoms with Crippen LogP contribution >= 0.6 is 0 Å². The number of ether oxygens (including phenoxy) is 2. The van der Waals surface area contributed by atoms with E-state index in [-0.39, 0.29) is 6.04 Å². The highest BCUT2D eigenvalue weighted by atomic mass is 32.2. The van der Waals surface area contributed by atoms with Gasteiger partial charge in [-0.25, -0.2) is 8.42 Å². The fourth-order valence-corrected chi connectivity index (χ4v) is 4.16. The Morgan fingerprint density at radius 3 is 2.35 bits per heavy atom. The third-order valence-electron chi connectivity index (χ3n) is 3.77. The van der Waals surface area contributed by atoms with E-state index in [9.17, 15) is 8.42 Å². The number of hydrogen-bond acceptors (Lipinski definition) is 5. The first-order chi connectivity index (χ1) is 10.9. The second-order valence-electron chi connectivity index (χ2n) is 5.54. The van der Waals surface area contributed by atoms with Gasteiger partial charge in [0.05, 0.1) is 19.0 Å². The number of methoxy groups -OCH3 is 1. The van der Waals surface area contributed by atoms with Gasteiger partial charge in [0, 0.05) is 12.3 Å². The van der Waals surface area contributed by atoms with Crippen LogP contribution < -0.4 is 14.8 Å². The molecule has 0 saturated carbocycles. The molecule has 0 heterocycles. The second kappa shape index (κ2) is 9.13. The van der Waals surface area contributed by atoms with Crippen molar-refractivity contribution in [2.45, 2.75) is 44.9 Å². The first-order valence-electron chi connectivity index (χ1n) is 8.11. The lowest BCUT2D eigenvalue weighted by atomic mass is 10.00. The summed E-state index contributed by atoms with van der Waals surface area (Å²) in [6.07, 6.45) is 2.74. The number of rotatable bonds is 10. The minimum absolute atomic E-state index is 0.264. The Balaban J connectivity index is 3.30. The molecule has 1 aromatic rings. The van der Waals surface area contributed by atoms with Crippen LogP contribution in [0.5, 0.6) is 11.5 Å². The van der Waals surface area contributed by atoms with Crippen LogP contribution in [0.1, 0.15) is 45.2 Å². The Morgan fingerprint density at radius 1 is 1.17 bits per heavy atom. The molecule has 0 bridgehead atoms. The first-order valence-corrected chi connectivity index (χ1v) is 10.1. The first kappa shape index (κ1) is 19.8. The third-order valence-corrected chi connectivity index (χ3v) is 5.37. The van der Waals surface area contributed by atoms with E-state index in [4.69, 9.17) is 9.47 Å². The van der Waals surface area contributed by atoms with Gasteiger partial charge in [-0.1, -0.05) is 26.3 Å². The Labute approximate surface area is 140 Å². The van der Waals surface area contributed by atoms with Crippen molar-refractivity contribution in [2.75, 3.05) is 26.5 Å². The maximum Gasteiger partial charge on any atom is 0.161 e. The van der Waals surface area contributed by atoms with Crippen LogP contribution in [-0.4, -0.2) is 40.2 Å². The molecule has 5 nitrogen and oxygen atoms in total. The summed E-state index contributed by atoms with van der Waals surface area (Å²) >= 11 is 0. The third kappa shape index (κ3) is 5.39. The molecule has 132 valence electrons. The molecule has 0 aliphatic carbocycles. The predicted molar refractivity (Wildman–Crippen MR) is 94.1 cm³/mol. The highest BCUT2D eigenvalue weighted by Crippen LogP contribution is 2.33. The summed E-state index contributed by atoms with van der Waals surface area (Å²) in [5.74, 6) is 1.29. The van der Waals surface area contributed by atoms with Gasteiger partial charge in [0.15, 0.2) is 21.3 Å². The summed E-state index contributed by atoms with van der Waals surface area (Å²) in [4.78, 5) is 0. The molecule has 1 aromatic carbocycles. The SMILES string of the molecule is CCC[C@@H](C(NCC)c1ccc(OC)c(OCC)c1)S(C)(=O)=O. The Bertz CT molecular complexity index is 586. The van der Waals surface area contributed by atoms with Gasteiger partial charge in [0.2, 0.25) is 0 Å². The number of sulfone groups is 1. The second-order valence-corrected chi connectivity index (χ2v) is 7.80. The Morgan fingerprint density at radius 2 is 1.87 bits per heavy atom. The summed E-state index contributed by atoms with van der Waals surface area (Å²) in [5.41, 5.74) is 0.903. The quantitative estimate of drug-likeness (QED) is 0.707. The normalized spacial score (nSPS) is 14.3. The standard InChI is InChI=1S/C17H29NO4S/c1-6-9-16(23(5,19)20)17(18-7-2)13-10-11-14(21-4)15(12-13)22-8-3/h10-12,16-18H,6-9H2,1-5H3/t16-,17?/m0/s1. The van der Waals surface area contributed by atoms with E-state index in [1.807, 2.05) is 39.0 Å². The molecule has 0 amide bonds. The van der Waals surface area contributed by atoms with Crippen LogP contribution in [0.25, 0.3) is 0 Å². The van der Waals surface area contributed by atoms with Crippen LogP contribution in [0.2, 0.25) is 0 Å². The number of benzene rings is 1. The molecular formula is C17H29NO4S.